The maximum atomic E-state index is 9.67. The van der Waals surface area contributed by atoms with Gasteiger partial charge in [-0.2, -0.15) is 0 Å². The Kier molecular flexibility index (Phi) is 3.64. The second-order valence-corrected chi connectivity index (χ2v) is 3.29. The fourth-order valence-electron chi connectivity index (χ4n) is 1.50. The van der Waals surface area contributed by atoms with Gasteiger partial charge < -0.3 is 15.9 Å². The van der Waals surface area contributed by atoms with E-state index in [-0.39, 0.29) is 23.9 Å². The molecule has 0 fully saturated rings. The summed E-state index contributed by atoms with van der Waals surface area (Å²) in [5.41, 5.74) is 7.66. The Morgan fingerprint density at radius 2 is 1.50 bits per heavy atom. The van der Waals surface area contributed by atoms with Gasteiger partial charge in [0.25, 0.3) is 0 Å². The van der Waals surface area contributed by atoms with Gasteiger partial charge in [0.15, 0.2) is 0 Å². The van der Waals surface area contributed by atoms with Crippen molar-refractivity contribution in [3.05, 3.63) is 42.5 Å². The third-order valence-electron chi connectivity index (χ3n) is 2.23. The minimum Gasteiger partial charge on any atom is -0.508 e. The van der Waals surface area contributed by atoms with E-state index >= 15 is 0 Å². The van der Waals surface area contributed by atoms with Crippen LogP contribution in [0.1, 0.15) is 0 Å². The lowest BCUT2D eigenvalue weighted by molar-refractivity contribution is 0.474. The number of benzene rings is 2. The maximum Gasteiger partial charge on any atom is 0.125 e. The van der Waals surface area contributed by atoms with Crippen molar-refractivity contribution < 1.29 is 10.2 Å². The summed E-state index contributed by atoms with van der Waals surface area (Å²) < 4.78 is 0. The summed E-state index contributed by atoms with van der Waals surface area (Å²) in [6, 6.07) is 11.5. The average molecular weight is 238 g/mol. The molecule has 0 unspecified atom stereocenters. The van der Waals surface area contributed by atoms with Crippen LogP contribution in [0.15, 0.2) is 42.5 Å². The van der Waals surface area contributed by atoms with Crippen molar-refractivity contribution in [1.82, 2.24) is 0 Å². The predicted octanol–water partition coefficient (Wildman–Crippen LogP) is 2.77. The number of nitrogens with two attached hydrogens (primary N) is 1. The second kappa shape index (κ2) is 4.77. The molecule has 0 bridgehead atoms. The highest BCUT2D eigenvalue weighted by Crippen LogP contribution is 2.34. The molecule has 0 amide bonds. The largest absolute Gasteiger partial charge is 0.508 e. The van der Waals surface area contributed by atoms with Crippen LogP contribution in [0.4, 0.5) is 5.69 Å². The standard InChI is InChI=1S/C12H11NO2.ClH/c13-10-2-1-3-11(15)12(10)8-4-6-9(14)7-5-8;/h1-7,14-15H,13H2;1H. The molecule has 0 aliphatic rings. The number of aromatic hydroxyl groups is 2. The molecule has 4 heteroatoms. The summed E-state index contributed by atoms with van der Waals surface area (Å²) in [7, 11) is 0. The summed E-state index contributed by atoms with van der Waals surface area (Å²) in [5.74, 6) is 0.327. The van der Waals surface area contributed by atoms with Gasteiger partial charge in [-0.3, -0.25) is 0 Å². The van der Waals surface area contributed by atoms with Gasteiger partial charge in [-0.25, -0.2) is 0 Å². The highest BCUT2D eigenvalue weighted by molar-refractivity contribution is 5.85. The third kappa shape index (κ3) is 2.20. The van der Waals surface area contributed by atoms with E-state index in [1.165, 1.54) is 0 Å². The maximum absolute atomic E-state index is 9.67. The molecule has 4 N–H and O–H groups in total. The third-order valence-corrected chi connectivity index (χ3v) is 2.23. The van der Waals surface area contributed by atoms with Crippen molar-refractivity contribution in [2.75, 3.05) is 5.73 Å². The number of phenols is 2. The summed E-state index contributed by atoms with van der Waals surface area (Å²) in [4.78, 5) is 0. The van der Waals surface area contributed by atoms with E-state index in [4.69, 9.17) is 10.8 Å². The number of phenolic OH excluding ortho intramolecular Hbond substituents is 2. The molecule has 0 aliphatic carbocycles. The number of hydrogen-bond acceptors (Lipinski definition) is 3. The van der Waals surface area contributed by atoms with Gasteiger partial charge in [0, 0.05) is 11.3 Å². The van der Waals surface area contributed by atoms with E-state index in [1.807, 2.05) is 0 Å². The van der Waals surface area contributed by atoms with Crippen molar-refractivity contribution in [2.24, 2.45) is 0 Å². The first kappa shape index (κ1) is 12.2. The first-order chi connectivity index (χ1) is 7.18. The minimum absolute atomic E-state index is 0. The Morgan fingerprint density at radius 3 is 2.06 bits per heavy atom. The average Bonchev–Trinajstić information content (AvgIpc) is 2.20. The fourth-order valence-corrected chi connectivity index (χ4v) is 1.50. The van der Waals surface area contributed by atoms with E-state index < -0.39 is 0 Å². The number of hydrogen-bond donors (Lipinski definition) is 3. The molecule has 2 aromatic carbocycles. The number of nitrogen functional groups attached to an aromatic ring is 1. The van der Waals surface area contributed by atoms with Gasteiger partial charge in [0.2, 0.25) is 0 Å². The monoisotopic (exact) mass is 237 g/mol. The first-order valence-electron chi connectivity index (χ1n) is 4.55. The summed E-state index contributed by atoms with van der Waals surface area (Å²) in [6.45, 7) is 0. The van der Waals surface area contributed by atoms with Crippen LogP contribution in [0.3, 0.4) is 0 Å². The Hall–Kier alpha value is -1.87. The van der Waals surface area contributed by atoms with Gasteiger partial charge in [0.1, 0.15) is 11.5 Å². The zero-order valence-electron chi connectivity index (χ0n) is 8.42. The van der Waals surface area contributed by atoms with Crippen molar-refractivity contribution in [3.63, 3.8) is 0 Å². The van der Waals surface area contributed by atoms with Crippen LogP contribution in [0.25, 0.3) is 11.1 Å². The lowest BCUT2D eigenvalue weighted by Crippen LogP contribution is -1.89. The molecule has 0 radical (unpaired) electrons. The fraction of sp³-hybridized carbons (Fsp3) is 0. The van der Waals surface area contributed by atoms with Crippen LogP contribution in [-0.4, -0.2) is 10.2 Å². The van der Waals surface area contributed by atoms with E-state index in [0.717, 1.165) is 5.56 Å². The van der Waals surface area contributed by atoms with E-state index in [2.05, 4.69) is 0 Å². The smallest absolute Gasteiger partial charge is 0.125 e. The van der Waals surface area contributed by atoms with Crippen LogP contribution in [0.5, 0.6) is 11.5 Å². The van der Waals surface area contributed by atoms with Crippen LogP contribution >= 0.6 is 12.4 Å². The van der Waals surface area contributed by atoms with Gasteiger partial charge in [-0.15, -0.1) is 12.4 Å². The molecule has 0 aliphatic heterocycles. The zero-order chi connectivity index (χ0) is 10.8. The normalized spacial score (nSPS) is 9.50. The molecular formula is C12H12ClNO2. The molecule has 0 spiro atoms. The molecule has 0 saturated carbocycles. The predicted molar refractivity (Wildman–Crippen MR) is 66.9 cm³/mol. The number of rotatable bonds is 1. The Morgan fingerprint density at radius 1 is 0.875 bits per heavy atom. The minimum atomic E-state index is 0. The van der Waals surface area contributed by atoms with Crippen molar-refractivity contribution >= 4 is 18.1 Å². The van der Waals surface area contributed by atoms with E-state index in [1.54, 1.807) is 42.5 Å². The lowest BCUT2D eigenvalue weighted by atomic mass is 10.0. The molecule has 2 aromatic rings. The molecule has 2 rings (SSSR count). The molecule has 0 heterocycles. The first-order valence-corrected chi connectivity index (χ1v) is 4.55. The summed E-state index contributed by atoms with van der Waals surface area (Å²) >= 11 is 0. The second-order valence-electron chi connectivity index (χ2n) is 3.29. The van der Waals surface area contributed by atoms with E-state index in [9.17, 15) is 5.11 Å². The van der Waals surface area contributed by atoms with Crippen LogP contribution < -0.4 is 5.73 Å². The SMILES string of the molecule is Cl.Nc1cccc(O)c1-c1ccc(O)cc1. The topological polar surface area (TPSA) is 66.5 Å². The molecule has 16 heavy (non-hydrogen) atoms. The molecular weight excluding hydrogens is 226 g/mol. The van der Waals surface area contributed by atoms with Gasteiger partial charge in [0.05, 0.1) is 0 Å². The van der Waals surface area contributed by atoms with E-state index in [0.29, 0.717) is 11.3 Å². The van der Waals surface area contributed by atoms with Crippen molar-refractivity contribution in [2.45, 2.75) is 0 Å². The number of halogens is 1. The van der Waals surface area contributed by atoms with Gasteiger partial charge >= 0.3 is 0 Å². The van der Waals surface area contributed by atoms with Crippen LogP contribution in [0.2, 0.25) is 0 Å². The molecule has 0 saturated heterocycles. The summed E-state index contributed by atoms with van der Waals surface area (Å²) in [6.07, 6.45) is 0. The Balaban J connectivity index is 0.00000128. The Bertz CT molecular complexity index is 463. The van der Waals surface area contributed by atoms with Crippen LogP contribution in [-0.2, 0) is 0 Å². The highest BCUT2D eigenvalue weighted by atomic mass is 35.5. The number of anilines is 1. The molecule has 0 aromatic heterocycles. The lowest BCUT2D eigenvalue weighted by Gasteiger charge is -2.07. The molecule has 84 valence electrons. The van der Waals surface area contributed by atoms with Crippen LogP contribution in [0, 0.1) is 0 Å². The summed E-state index contributed by atoms with van der Waals surface area (Å²) in [5, 5.41) is 18.8. The van der Waals surface area contributed by atoms with Crippen molar-refractivity contribution in [3.8, 4) is 22.6 Å². The van der Waals surface area contributed by atoms with Gasteiger partial charge in [-0.05, 0) is 29.8 Å². The molecule has 3 nitrogen and oxygen atoms in total. The molecule has 0 atom stereocenters. The van der Waals surface area contributed by atoms with Crippen molar-refractivity contribution in [1.29, 1.82) is 0 Å². The Labute approximate surface area is 99.6 Å². The highest BCUT2D eigenvalue weighted by Gasteiger charge is 2.07. The van der Waals surface area contributed by atoms with Gasteiger partial charge in [-0.1, -0.05) is 18.2 Å². The zero-order valence-corrected chi connectivity index (χ0v) is 9.24. The quantitative estimate of drug-likeness (QED) is 0.668.